The van der Waals surface area contributed by atoms with Gasteiger partial charge in [-0.1, -0.05) is 0 Å². The molecule has 0 saturated carbocycles. The molecule has 1 fully saturated rings. The second kappa shape index (κ2) is 4.49. The third kappa shape index (κ3) is 3.47. The molecule has 2 atom stereocenters. The van der Waals surface area contributed by atoms with Crippen LogP contribution in [0, 0.1) is 0 Å². The second-order valence-electron chi connectivity index (χ2n) is 5.38. The molecule has 0 aliphatic carbocycles. The van der Waals surface area contributed by atoms with Gasteiger partial charge in [0.15, 0.2) is 0 Å². The highest BCUT2D eigenvalue weighted by Crippen LogP contribution is 2.21. The summed E-state index contributed by atoms with van der Waals surface area (Å²) in [5.74, 6) is -0.717. The minimum absolute atomic E-state index is 0.0382. The Morgan fingerprint density at radius 2 is 2.13 bits per heavy atom. The van der Waals surface area contributed by atoms with E-state index in [1.165, 1.54) is 0 Å². The maximum Gasteiger partial charge on any atom is 0.304 e. The van der Waals surface area contributed by atoms with E-state index in [-0.39, 0.29) is 18.0 Å². The van der Waals surface area contributed by atoms with Crippen LogP contribution in [-0.4, -0.2) is 46.7 Å². The first-order chi connectivity index (χ1) is 6.80. The Balaban J connectivity index is 2.71. The van der Waals surface area contributed by atoms with Gasteiger partial charge in [0.05, 0.1) is 6.42 Å². The lowest BCUT2D eigenvalue weighted by atomic mass is 9.97. The Hall–Kier alpha value is -0.610. The molecule has 4 heteroatoms. The SMILES string of the molecule is CC1CN(C(C)(C)C)C(CC(=O)O)CN1. The molecule has 2 N–H and O–H groups in total. The Bertz CT molecular complexity index is 235. The zero-order valence-electron chi connectivity index (χ0n) is 10.1. The van der Waals surface area contributed by atoms with Crippen LogP contribution in [0.1, 0.15) is 34.1 Å². The molecule has 0 aromatic rings. The summed E-state index contributed by atoms with van der Waals surface area (Å²) in [4.78, 5) is 13.1. The molecule has 0 radical (unpaired) electrons. The fourth-order valence-electron chi connectivity index (χ4n) is 2.16. The van der Waals surface area contributed by atoms with Crippen LogP contribution in [0.2, 0.25) is 0 Å². The van der Waals surface area contributed by atoms with Crippen LogP contribution in [-0.2, 0) is 4.79 Å². The van der Waals surface area contributed by atoms with Crippen molar-refractivity contribution in [3.63, 3.8) is 0 Å². The molecule has 0 spiro atoms. The van der Waals surface area contributed by atoms with Crippen molar-refractivity contribution in [3.8, 4) is 0 Å². The summed E-state index contributed by atoms with van der Waals surface area (Å²) in [7, 11) is 0. The molecular weight excluding hydrogens is 192 g/mol. The molecule has 4 nitrogen and oxygen atoms in total. The Kier molecular flexibility index (Phi) is 3.73. The van der Waals surface area contributed by atoms with Crippen molar-refractivity contribution >= 4 is 5.97 Å². The number of aliphatic carboxylic acids is 1. The van der Waals surface area contributed by atoms with E-state index < -0.39 is 5.97 Å². The molecule has 1 aliphatic rings. The average molecular weight is 214 g/mol. The molecule has 0 bridgehead atoms. The van der Waals surface area contributed by atoms with E-state index in [0.29, 0.717) is 6.04 Å². The van der Waals surface area contributed by atoms with Gasteiger partial charge < -0.3 is 10.4 Å². The Morgan fingerprint density at radius 1 is 1.53 bits per heavy atom. The second-order valence-corrected chi connectivity index (χ2v) is 5.38. The summed E-state index contributed by atoms with van der Waals surface area (Å²) >= 11 is 0. The molecule has 1 aliphatic heterocycles. The smallest absolute Gasteiger partial charge is 0.304 e. The molecule has 0 aromatic carbocycles. The van der Waals surface area contributed by atoms with Crippen molar-refractivity contribution in [3.05, 3.63) is 0 Å². The molecular formula is C11H22N2O2. The number of nitrogens with zero attached hydrogens (tertiary/aromatic N) is 1. The van der Waals surface area contributed by atoms with Crippen molar-refractivity contribution in [2.24, 2.45) is 0 Å². The van der Waals surface area contributed by atoms with Crippen molar-refractivity contribution in [1.29, 1.82) is 0 Å². The van der Waals surface area contributed by atoms with Gasteiger partial charge in [0.25, 0.3) is 0 Å². The number of carboxylic acid groups (broad SMARTS) is 1. The molecule has 15 heavy (non-hydrogen) atoms. The first-order valence-electron chi connectivity index (χ1n) is 5.52. The number of nitrogens with one attached hydrogen (secondary N) is 1. The molecule has 88 valence electrons. The van der Waals surface area contributed by atoms with Crippen LogP contribution >= 0.6 is 0 Å². The number of rotatable bonds is 2. The summed E-state index contributed by atoms with van der Waals surface area (Å²) in [5.41, 5.74) is 0.0382. The monoisotopic (exact) mass is 214 g/mol. The first kappa shape index (κ1) is 12.5. The molecule has 2 unspecified atom stereocenters. The molecule has 1 saturated heterocycles. The first-order valence-corrected chi connectivity index (χ1v) is 5.52. The van der Waals surface area contributed by atoms with E-state index >= 15 is 0 Å². The van der Waals surface area contributed by atoms with Gasteiger partial charge in [-0.3, -0.25) is 9.69 Å². The number of hydrogen-bond acceptors (Lipinski definition) is 3. The van der Waals surface area contributed by atoms with E-state index in [9.17, 15) is 4.79 Å². The summed E-state index contributed by atoms with van der Waals surface area (Å²) in [6.45, 7) is 10.2. The summed E-state index contributed by atoms with van der Waals surface area (Å²) in [6.07, 6.45) is 0.219. The van der Waals surface area contributed by atoms with Crippen molar-refractivity contribution in [2.45, 2.75) is 51.7 Å². The summed E-state index contributed by atoms with van der Waals surface area (Å²) in [5, 5.41) is 12.2. The number of piperazine rings is 1. The lowest BCUT2D eigenvalue weighted by Crippen LogP contribution is -2.61. The highest BCUT2D eigenvalue weighted by atomic mass is 16.4. The van der Waals surface area contributed by atoms with Gasteiger partial charge in [-0.15, -0.1) is 0 Å². The van der Waals surface area contributed by atoms with Gasteiger partial charge in [0.1, 0.15) is 0 Å². The lowest BCUT2D eigenvalue weighted by molar-refractivity contribution is -0.139. The lowest BCUT2D eigenvalue weighted by Gasteiger charge is -2.46. The largest absolute Gasteiger partial charge is 0.481 e. The molecule has 1 heterocycles. The zero-order chi connectivity index (χ0) is 11.6. The Morgan fingerprint density at radius 3 is 2.60 bits per heavy atom. The standard InChI is InChI=1S/C11H22N2O2/c1-8-7-13(11(2,3)4)9(6-12-8)5-10(14)15/h8-9,12H,5-7H2,1-4H3,(H,14,15). The third-order valence-corrected chi connectivity index (χ3v) is 2.89. The molecule has 1 rings (SSSR count). The minimum Gasteiger partial charge on any atom is -0.481 e. The topological polar surface area (TPSA) is 52.6 Å². The van der Waals surface area contributed by atoms with E-state index in [1.54, 1.807) is 0 Å². The average Bonchev–Trinajstić information content (AvgIpc) is 2.05. The van der Waals surface area contributed by atoms with E-state index in [4.69, 9.17) is 5.11 Å². The fraction of sp³-hybridized carbons (Fsp3) is 0.909. The molecule has 0 aromatic heterocycles. The van der Waals surface area contributed by atoms with Crippen LogP contribution in [0.3, 0.4) is 0 Å². The number of hydrogen-bond donors (Lipinski definition) is 2. The predicted octanol–water partition coefficient (Wildman–Crippen LogP) is 0.922. The van der Waals surface area contributed by atoms with Gasteiger partial charge in [-0.25, -0.2) is 0 Å². The molecule has 0 amide bonds. The fourth-order valence-corrected chi connectivity index (χ4v) is 2.16. The van der Waals surface area contributed by atoms with Crippen molar-refractivity contribution in [1.82, 2.24) is 10.2 Å². The normalized spacial score (nSPS) is 29.1. The van der Waals surface area contributed by atoms with Crippen molar-refractivity contribution < 1.29 is 9.90 Å². The van der Waals surface area contributed by atoms with Crippen LogP contribution in [0.25, 0.3) is 0 Å². The Labute approximate surface area is 91.6 Å². The van der Waals surface area contributed by atoms with Crippen LogP contribution in [0.15, 0.2) is 0 Å². The van der Waals surface area contributed by atoms with Gasteiger partial charge >= 0.3 is 5.97 Å². The van der Waals surface area contributed by atoms with Gasteiger partial charge in [0, 0.05) is 30.7 Å². The van der Waals surface area contributed by atoms with Gasteiger partial charge in [-0.2, -0.15) is 0 Å². The maximum atomic E-state index is 10.8. The maximum absolute atomic E-state index is 10.8. The van der Waals surface area contributed by atoms with Crippen LogP contribution in [0.4, 0.5) is 0 Å². The summed E-state index contributed by atoms with van der Waals surface area (Å²) in [6, 6.07) is 0.549. The minimum atomic E-state index is -0.717. The van der Waals surface area contributed by atoms with E-state index in [2.05, 4.69) is 37.9 Å². The zero-order valence-corrected chi connectivity index (χ0v) is 10.1. The van der Waals surface area contributed by atoms with E-state index in [1.807, 2.05) is 0 Å². The number of carboxylic acids is 1. The van der Waals surface area contributed by atoms with Crippen molar-refractivity contribution in [2.75, 3.05) is 13.1 Å². The number of carbonyl (C=O) groups is 1. The third-order valence-electron chi connectivity index (χ3n) is 2.89. The van der Waals surface area contributed by atoms with Gasteiger partial charge in [0.2, 0.25) is 0 Å². The summed E-state index contributed by atoms with van der Waals surface area (Å²) < 4.78 is 0. The van der Waals surface area contributed by atoms with E-state index in [0.717, 1.165) is 13.1 Å². The highest BCUT2D eigenvalue weighted by Gasteiger charge is 2.34. The highest BCUT2D eigenvalue weighted by molar-refractivity contribution is 5.67. The van der Waals surface area contributed by atoms with Crippen LogP contribution in [0.5, 0.6) is 0 Å². The van der Waals surface area contributed by atoms with Gasteiger partial charge in [-0.05, 0) is 27.7 Å². The predicted molar refractivity (Wildman–Crippen MR) is 60.0 cm³/mol. The van der Waals surface area contributed by atoms with Crippen LogP contribution < -0.4 is 5.32 Å². The quantitative estimate of drug-likeness (QED) is 0.718.